The lowest BCUT2D eigenvalue weighted by atomic mass is 10.0. The first-order chi connectivity index (χ1) is 9.17. The molecular weight excluding hydrogens is 260 g/mol. The van der Waals surface area contributed by atoms with Gasteiger partial charge in [-0.25, -0.2) is 0 Å². The Hall–Kier alpha value is -0.770. The summed E-state index contributed by atoms with van der Waals surface area (Å²) in [6.45, 7) is 3.31. The van der Waals surface area contributed by atoms with Crippen LogP contribution in [0.25, 0.3) is 0 Å². The predicted octanol–water partition coefficient (Wildman–Crippen LogP) is 2.97. The van der Waals surface area contributed by atoms with Crippen molar-refractivity contribution in [3.63, 3.8) is 0 Å². The monoisotopic (exact) mass is 282 g/mol. The highest BCUT2D eigenvalue weighted by molar-refractivity contribution is 6.31. The number of rotatable bonds is 4. The van der Waals surface area contributed by atoms with E-state index in [0.29, 0.717) is 0 Å². The van der Waals surface area contributed by atoms with Crippen molar-refractivity contribution >= 4 is 17.3 Å². The summed E-state index contributed by atoms with van der Waals surface area (Å²) >= 11 is 6.38. The molecule has 3 nitrogen and oxygen atoms in total. The molecule has 19 heavy (non-hydrogen) atoms. The lowest BCUT2D eigenvalue weighted by molar-refractivity contribution is 0.240. The van der Waals surface area contributed by atoms with Crippen LogP contribution in [0.4, 0.5) is 5.69 Å². The molecular formula is C15H23ClN2O. The van der Waals surface area contributed by atoms with Gasteiger partial charge in [0, 0.05) is 23.3 Å². The van der Waals surface area contributed by atoms with Crippen molar-refractivity contribution in [1.29, 1.82) is 0 Å². The quantitative estimate of drug-likeness (QED) is 0.891. The first-order valence-electron chi connectivity index (χ1n) is 7.01. The van der Waals surface area contributed by atoms with E-state index in [1.54, 1.807) is 0 Å². The second kappa shape index (κ2) is 6.60. The van der Waals surface area contributed by atoms with Gasteiger partial charge in [-0.1, -0.05) is 17.7 Å². The lowest BCUT2D eigenvalue weighted by Crippen LogP contribution is -2.41. The Kier molecular flexibility index (Phi) is 5.08. The number of aliphatic hydroxyl groups excluding tert-OH is 1. The van der Waals surface area contributed by atoms with Crippen molar-refractivity contribution in [3.8, 4) is 0 Å². The Morgan fingerprint density at radius 1 is 1.47 bits per heavy atom. The highest BCUT2D eigenvalue weighted by Crippen LogP contribution is 2.31. The summed E-state index contributed by atoms with van der Waals surface area (Å²) < 4.78 is 0. The molecule has 2 rings (SSSR count). The van der Waals surface area contributed by atoms with Gasteiger partial charge >= 0.3 is 0 Å². The molecule has 4 heteroatoms. The largest absolute Gasteiger partial charge is 0.394 e. The number of benzene rings is 1. The molecule has 1 saturated heterocycles. The van der Waals surface area contributed by atoms with Crippen LogP contribution in [-0.4, -0.2) is 31.3 Å². The van der Waals surface area contributed by atoms with E-state index in [1.165, 1.54) is 12.8 Å². The molecule has 1 heterocycles. The molecule has 1 aliphatic rings. The van der Waals surface area contributed by atoms with Crippen molar-refractivity contribution in [2.24, 2.45) is 0 Å². The molecule has 0 saturated carbocycles. The summed E-state index contributed by atoms with van der Waals surface area (Å²) in [5.41, 5.74) is 2.24. The molecule has 0 aliphatic carbocycles. The minimum Gasteiger partial charge on any atom is -0.394 e. The Morgan fingerprint density at radius 3 is 2.89 bits per heavy atom. The zero-order valence-corrected chi connectivity index (χ0v) is 12.5. The third kappa shape index (κ3) is 3.22. The fourth-order valence-electron chi connectivity index (χ4n) is 2.73. The van der Waals surface area contributed by atoms with Gasteiger partial charge in [0.1, 0.15) is 0 Å². The SMILES string of the molecule is CNC(C)c1ccc(N2CCCCC2CO)cc1Cl. The molecule has 1 aliphatic heterocycles. The normalized spacial score (nSPS) is 21.5. The molecule has 0 amide bonds. The summed E-state index contributed by atoms with van der Waals surface area (Å²) in [4.78, 5) is 2.28. The van der Waals surface area contributed by atoms with Gasteiger partial charge in [-0.15, -0.1) is 0 Å². The highest BCUT2D eigenvalue weighted by atomic mass is 35.5. The van der Waals surface area contributed by atoms with Crippen LogP contribution >= 0.6 is 11.6 Å². The van der Waals surface area contributed by atoms with Crippen molar-refractivity contribution in [2.75, 3.05) is 25.1 Å². The predicted molar refractivity (Wildman–Crippen MR) is 81.0 cm³/mol. The van der Waals surface area contributed by atoms with Crippen LogP contribution in [0.15, 0.2) is 18.2 Å². The molecule has 1 fully saturated rings. The molecule has 0 spiro atoms. The minimum absolute atomic E-state index is 0.215. The summed E-state index contributed by atoms with van der Waals surface area (Å²) in [6, 6.07) is 6.71. The minimum atomic E-state index is 0.215. The van der Waals surface area contributed by atoms with Gasteiger partial charge in [-0.05, 0) is 50.9 Å². The molecule has 2 N–H and O–H groups in total. The number of nitrogens with zero attached hydrogens (tertiary/aromatic N) is 1. The number of nitrogens with one attached hydrogen (secondary N) is 1. The van der Waals surface area contributed by atoms with Crippen LogP contribution in [0.3, 0.4) is 0 Å². The number of halogens is 1. The van der Waals surface area contributed by atoms with Crippen LogP contribution in [0.1, 0.15) is 37.8 Å². The van der Waals surface area contributed by atoms with Gasteiger partial charge in [-0.3, -0.25) is 0 Å². The van der Waals surface area contributed by atoms with E-state index < -0.39 is 0 Å². The van der Waals surface area contributed by atoms with E-state index >= 15 is 0 Å². The topological polar surface area (TPSA) is 35.5 Å². The van der Waals surface area contributed by atoms with Crippen molar-refractivity contribution in [2.45, 2.75) is 38.3 Å². The maximum atomic E-state index is 9.49. The van der Waals surface area contributed by atoms with Crippen LogP contribution in [0.2, 0.25) is 5.02 Å². The third-order valence-corrected chi connectivity index (χ3v) is 4.38. The number of hydrogen-bond acceptors (Lipinski definition) is 3. The Balaban J connectivity index is 2.23. The standard InChI is InChI=1S/C15H23ClN2O/c1-11(17-2)14-7-6-12(9-15(14)16)18-8-4-3-5-13(18)10-19/h6-7,9,11,13,17,19H,3-5,8,10H2,1-2H3. The second-order valence-electron chi connectivity index (χ2n) is 5.24. The van der Waals surface area contributed by atoms with Gasteiger partial charge in [-0.2, -0.15) is 0 Å². The molecule has 2 unspecified atom stereocenters. The maximum absolute atomic E-state index is 9.49. The number of hydrogen-bond donors (Lipinski definition) is 2. The smallest absolute Gasteiger partial charge is 0.0635 e. The fourth-order valence-corrected chi connectivity index (χ4v) is 3.07. The third-order valence-electron chi connectivity index (χ3n) is 4.05. The van der Waals surface area contributed by atoms with Crippen LogP contribution in [0.5, 0.6) is 0 Å². The van der Waals surface area contributed by atoms with Gasteiger partial charge in [0.2, 0.25) is 0 Å². The average Bonchev–Trinajstić information content (AvgIpc) is 2.46. The van der Waals surface area contributed by atoms with Crippen LogP contribution in [-0.2, 0) is 0 Å². The van der Waals surface area contributed by atoms with E-state index in [9.17, 15) is 5.11 Å². The van der Waals surface area contributed by atoms with Gasteiger partial charge in [0.25, 0.3) is 0 Å². The first-order valence-corrected chi connectivity index (χ1v) is 7.39. The maximum Gasteiger partial charge on any atom is 0.0635 e. The number of anilines is 1. The van der Waals surface area contributed by atoms with E-state index in [2.05, 4.69) is 29.3 Å². The summed E-state index contributed by atoms with van der Waals surface area (Å²) in [7, 11) is 1.93. The van der Waals surface area contributed by atoms with Crippen LogP contribution < -0.4 is 10.2 Å². The summed E-state index contributed by atoms with van der Waals surface area (Å²) in [6.07, 6.45) is 3.44. The Morgan fingerprint density at radius 2 is 2.26 bits per heavy atom. The van der Waals surface area contributed by atoms with Gasteiger partial charge < -0.3 is 15.3 Å². The van der Waals surface area contributed by atoms with Crippen molar-refractivity contribution < 1.29 is 5.11 Å². The number of aliphatic hydroxyl groups is 1. The van der Waals surface area contributed by atoms with Crippen molar-refractivity contribution in [3.05, 3.63) is 28.8 Å². The average molecular weight is 283 g/mol. The summed E-state index contributed by atoms with van der Waals surface area (Å²) in [5.74, 6) is 0. The lowest BCUT2D eigenvalue weighted by Gasteiger charge is -2.36. The van der Waals surface area contributed by atoms with Crippen LogP contribution in [0, 0.1) is 0 Å². The molecule has 2 atom stereocenters. The molecule has 0 radical (unpaired) electrons. The summed E-state index contributed by atoms with van der Waals surface area (Å²) in [5, 5.41) is 13.5. The van der Waals surface area contributed by atoms with E-state index in [-0.39, 0.29) is 18.7 Å². The Bertz CT molecular complexity index is 425. The van der Waals surface area contributed by atoms with E-state index in [0.717, 1.165) is 29.2 Å². The molecule has 0 aromatic heterocycles. The zero-order valence-electron chi connectivity index (χ0n) is 11.7. The molecule has 1 aromatic carbocycles. The molecule has 1 aromatic rings. The fraction of sp³-hybridized carbons (Fsp3) is 0.600. The molecule has 106 valence electrons. The zero-order chi connectivity index (χ0) is 13.8. The van der Waals surface area contributed by atoms with Gasteiger partial charge in [0.05, 0.1) is 12.6 Å². The molecule has 0 bridgehead atoms. The van der Waals surface area contributed by atoms with E-state index in [1.807, 2.05) is 13.1 Å². The van der Waals surface area contributed by atoms with Crippen molar-refractivity contribution in [1.82, 2.24) is 5.32 Å². The van der Waals surface area contributed by atoms with Gasteiger partial charge in [0.15, 0.2) is 0 Å². The van der Waals surface area contributed by atoms with E-state index in [4.69, 9.17) is 11.6 Å². The second-order valence-corrected chi connectivity index (χ2v) is 5.65. The highest BCUT2D eigenvalue weighted by Gasteiger charge is 2.22. The number of piperidine rings is 1. The Labute approximate surface area is 120 Å². The first kappa shape index (κ1) is 14.6.